The molecule has 1 unspecified atom stereocenters. The summed E-state index contributed by atoms with van der Waals surface area (Å²) in [6.45, 7) is 2.89. The Kier molecular flexibility index (Phi) is 6.22. The van der Waals surface area contributed by atoms with Crippen molar-refractivity contribution in [3.8, 4) is 5.75 Å². The molecule has 4 heteroatoms. The number of esters is 1. The molecule has 0 saturated heterocycles. The van der Waals surface area contributed by atoms with Crippen LogP contribution in [0.2, 0.25) is 0 Å². The van der Waals surface area contributed by atoms with Gasteiger partial charge in [-0.2, -0.15) is 0 Å². The Morgan fingerprint density at radius 3 is 2.50 bits per heavy atom. The Labute approximate surface area is 108 Å². The maximum atomic E-state index is 10.9. The van der Waals surface area contributed by atoms with Crippen LogP contribution < -0.4 is 10.1 Å². The van der Waals surface area contributed by atoms with E-state index < -0.39 is 0 Å². The molecular weight excluding hydrogens is 230 g/mol. The van der Waals surface area contributed by atoms with Gasteiger partial charge in [-0.1, -0.05) is 12.1 Å². The summed E-state index contributed by atoms with van der Waals surface area (Å²) in [6, 6.07) is 8.23. The quantitative estimate of drug-likeness (QED) is 0.596. The van der Waals surface area contributed by atoms with Crippen LogP contribution in [0.4, 0.5) is 0 Å². The predicted octanol–water partition coefficient (Wildman–Crippen LogP) is 2.30. The third-order valence-electron chi connectivity index (χ3n) is 2.85. The summed E-state index contributed by atoms with van der Waals surface area (Å²) in [5.41, 5.74) is 1.20. The first kappa shape index (κ1) is 14.5. The summed E-state index contributed by atoms with van der Waals surface area (Å²) in [7, 11) is 3.07. The van der Waals surface area contributed by atoms with Crippen LogP contribution in [0.25, 0.3) is 0 Å². The van der Waals surface area contributed by atoms with Crippen molar-refractivity contribution in [1.82, 2.24) is 5.32 Å². The topological polar surface area (TPSA) is 47.6 Å². The number of hydrogen-bond donors (Lipinski definition) is 1. The van der Waals surface area contributed by atoms with E-state index in [-0.39, 0.29) is 12.0 Å². The molecule has 0 spiro atoms. The highest BCUT2D eigenvalue weighted by Crippen LogP contribution is 2.17. The van der Waals surface area contributed by atoms with Crippen LogP contribution in [-0.2, 0) is 9.53 Å². The van der Waals surface area contributed by atoms with Crippen LogP contribution in [0.15, 0.2) is 24.3 Å². The minimum absolute atomic E-state index is 0.158. The van der Waals surface area contributed by atoms with Gasteiger partial charge in [-0.25, -0.2) is 0 Å². The van der Waals surface area contributed by atoms with Gasteiger partial charge in [0.25, 0.3) is 0 Å². The Morgan fingerprint density at radius 2 is 1.94 bits per heavy atom. The number of benzene rings is 1. The molecule has 0 aliphatic heterocycles. The molecule has 0 radical (unpaired) electrons. The monoisotopic (exact) mass is 251 g/mol. The van der Waals surface area contributed by atoms with Gasteiger partial charge in [0.15, 0.2) is 0 Å². The summed E-state index contributed by atoms with van der Waals surface area (Å²) < 4.78 is 9.70. The van der Waals surface area contributed by atoms with E-state index in [9.17, 15) is 4.79 Å². The third kappa shape index (κ3) is 4.75. The van der Waals surface area contributed by atoms with Crippen LogP contribution in [0.5, 0.6) is 5.75 Å². The van der Waals surface area contributed by atoms with Crippen LogP contribution in [0.3, 0.4) is 0 Å². The van der Waals surface area contributed by atoms with Crippen LogP contribution in [0, 0.1) is 0 Å². The van der Waals surface area contributed by atoms with Crippen molar-refractivity contribution in [2.24, 2.45) is 0 Å². The summed E-state index contributed by atoms with van der Waals surface area (Å²) in [4.78, 5) is 10.9. The number of rotatable bonds is 7. The average molecular weight is 251 g/mol. The molecule has 100 valence electrons. The molecule has 0 aliphatic rings. The highest BCUT2D eigenvalue weighted by Gasteiger charge is 2.05. The molecule has 0 amide bonds. The van der Waals surface area contributed by atoms with E-state index in [0.717, 1.165) is 18.7 Å². The Balaban J connectivity index is 2.31. The van der Waals surface area contributed by atoms with E-state index in [1.165, 1.54) is 12.7 Å². The highest BCUT2D eigenvalue weighted by molar-refractivity contribution is 5.69. The molecule has 1 N–H and O–H groups in total. The highest BCUT2D eigenvalue weighted by atomic mass is 16.5. The number of hydrogen-bond acceptors (Lipinski definition) is 4. The second-order valence-electron chi connectivity index (χ2n) is 4.13. The summed E-state index contributed by atoms with van der Waals surface area (Å²) in [5, 5.41) is 3.37. The fourth-order valence-electron chi connectivity index (χ4n) is 1.66. The smallest absolute Gasteiger partial charge is 0.305 e. The molecule has 0 heterocycles. The van der Waals surface area contributed by atoms with Crippen molar-refractivity contribution in [3.05, 3.63) is 29.8 Å². The number of ether oxygens (including phenoxy) is 2. The zero-order valence-corrected chi connectivity index (χ0v) is 11.2. The average Bonchev–Trinajstić information content (AvgIpc) is 2.43. The molecular formula is C14H21NO3. The van der Waals surface area contributed by atoms with E-state index >= 15 is 0 Å². The Bertz CT molecular complexity index is 362. The van der Waals surface area contributed by atoms with E-state index in [0.29, 0.717) is 6.42 Å². The van der Waals surface area contributed by atoms with Crippen molar-refractivity contribution in [2.45, 2.75) is 25.8 Å². The van der Waals surface area contributed by atoms with Crippen LogP contribution >= 0.6 is 0 Å². The molecule has 1 rings (SSSR count). The number of carbonyl (C=O) groups excluding carboxylic acids is 1. The number of carbonyl (C=O) groups is 1. The molecule has 0 aliphatic carbocycles. The molecule has 1 aromatic carbocycles. The first-order chi connectivity index (χ1) is 8.67. The number of methoxy groups -OCH3 is 2. The fraction of sp³-hybridized carbons (Fsp3) is 0.500. The molecule has 0 bridgehead atoms. The van der Waals surface area contributed by atoms with E-state index in [1.54, 1.807) is 7.11 Å². The second kappa shape index (κ2) is 7.71. The largest absolute Gasteiger partial charge is 0.497 e. The van der Waals surface area contributed by atoms with Crippen LogP contribution in [0.1, 0.15) is 31.4 Å². The lowest BCUT2D eigenvalue weighted by Gasteiger charge is -2.14. The van der Waals surface area contributed by atoms with Gasteiger partial charge in [0, 0.05) is 12.5 Å². The predicted molar refractivity (Wildman–Crippen MR) is 70.7 cm³/mol. The molecule has 0 fully saturated rings. The van der Waals surface area contributed by atoms with Gasteiger partial charge < -0.3 is 14.8 Å². The van der Waals surface area contributed by atoms with Crippen molar-refractivity contribution in [3.63, 3.8) is 0 Å². The van der Waals surface area contributed by atoms with E-state index in [2.05, 4.69) is 17.0 Å². The minimum atomic E-state index is -0.158. The molecule has 4 nitrogen and oxygen atoms in total. The third-order valence-corrected chi connectivity index (χ3v) is 2.85. The first-order valence-electron chi connectivity index (χ1n) is 6.11. The Hall–Kier alpha value is -1.55. The lowest BCUT2D eigenvalue weighted by Crippen LogP contribution is -2.20. The first-order valence-corrected chi connectivity index (χ1v) is 6.11. The molecule has 0 aromatic heterocycles. The minimum Gasteiger partial charge on any atom is -0.497 e. The summed E-state index contributed by atoms with van der Waals surface area (Å²) in [6.07, 6.45) is 1.24. The zero-order valence-electron chi connectivity index (χ0n) is 11.2. The van der Waals surface area contributed by atoms with Gasteiger partial charge in [0.2, 0.25) is 0 Å². The van der Waals surface area contributed by atoms with E-state index in [1.807, 2.05) is 24.3 Å². The number of nitrogens with one attached hydrogen (secondary N) is 1. The van der Waals surface area contributed by atoms with Crippen molar-refractivity contribution in [2.75, 3.05) is 20.8 Å². The summed E-state index contributed by atoms with van der Waals surface area (Å²) in [5.74, 6) is 0.700. The van der Waals surface area contributed by atoms with Gasteiger partial charge in [-0.3, -0.25) is 4.79 Å². The van der Waals surface area contributed by atoms with Crippen molar-refractivity contribution >= 4 is 5.97 Å². The second-order valence-corrected chi connectivity index (χ2v) is 4.13. The van der Waals surface area contributed by atoms with Crippen molar-refractivity contribution < 1.29 is 14.3 Å². The molecule has 0 saturated carbocycles. The Morgan fingerprint density at radius 1 is 1.28 bits per heavy atom. The maximum absolute atomic E-state index is 10.9. The van der Waals surface area contributed by atoms with Gasteiger partial charge >= 0.3 is 5.97 Å². The standard InChI is InChI=1S/C14H21NO3/c1-11(15-10-4-5-14(16)18-3)12-6-8-13(17-2)9-7-12/h6-9,11,15H,4-5,10H2,1-3H3. The van der Waals surface area contributed by atoms with Gasteiger partial charge in [0.1, 0.15) is 5.75 Å². The lowest BCUT2D eigenvalue weighted by atomic mass is 10.1. The molecule has 1 atom stereocenters. The maximum Gasteiger partial charge on any atom is 0.305 e. The molecule has 18 heavy (non-hydrogen) atoms. The van der Waals surface area contributed by atoms with Gasteiger partial charge in [-0.05, 0) is 37.6 Å². The summed E-state index contributed by atoms with van der Waals surface area (Å²) >= 11 is 0. The lowest BCUT2D eigenvalue weighted by molar-refractivity contribution is -0.140. The SMILES string of the molecule is COC(=O)CCCNC(C)c1ccc(OC)cc1. The van der Waals surface area contributed by atoms with Gasteiger partial charge in [-0.15, -0.1) is 0 Å². The van der Waals surface area contributed by atoms with Gasteiger partial charge in [0.05, 0.1) is 14.2 Å². The normalized spacial score (nSPS) is 11.9. The zero-order chi connectivity index (χ0) is 13.4. The van der Waals surface area contributed by atoms with E-state index in [4.69, 9.17) is 4.74 Å². The fourth-order valence-corrected chi connectivity index (χ4v) is 1.66. The van der Waals surface area contributed by atoms with Crippen molar-refractivity contribution in [1.29, 1.82) is 0 Å². The van der Waals surface area contributed by atoms with Crippen LogP contribution in [-0.4, -0.2) is 26.7 Å². The molecule has 1 aromatic rings.